The first-order valence-corrected chi connectivity index (χ1v) is 23.3. The van der Waals surface area contributed by atoms with Gasteiger partial charge in [-0.3, -0.25) is 0 Å². The fourth-order valence-electron chi connectivity index (χ4n) is 2.95. The Kier molecular flexibility index (Phi) is 12.3. The molecule has 0 spiro atoms. The average Bonchev–Trinajstić information content (AvgIpc) is 2.54. The van der Waals surface area contributed by atoms with Crippen LogP contribution in [0, 0.1) is 0 Å². The monoisotopic (exact) mass is 510 g/mol. The lowest BCUT2D eigenvalue weighted by Gasteiger charge is -2.43. The van der Waals surface area contributed by atoms with Crippen molar-refractivity contribution in [3.8, 4) is 0 Å². The van der Waals surface area contributed by atoms with E-state index in [0.29, 0.717) is 30.9 Å². The first kappa shape index (κ1) is 30.9. The van der Waals surface area contributed by atoms with Crippen LogP contribution in [-0.2, 0) is 21.9 Å². The molecule has 2 atom stereocenters. The summed E-state index contributed by atoms with van der Waals surface area (Å²) >= 11 is 0. The number of carbonyl (C=O) groups excluding carboxylic acids is 1. The lowest BCUT2D eigenvalue weighted by molar-refractivity contribution is -0.152. The van der Waals surface area contributed by atoms with E-state index in [9.17, 15) is 15.0 Å². The molecule has 0 amide bonds. The summed E-state index contributed by atoms with van der Waals surface area (Å²) in [6.45, 7) is 24.2. The van der Waals surface area contributed by atoms with Gasteiger partial charge in [-0.25, -0.2) is 4.79 Å². The maximum Gasteiger partial charge on any atom is 0.469 e. The van der Waals surface area contributed by atoms with Crippen LogP contribution in [0.4, 0.5) is 0 Å². The molecule has 11 heteroatoms. The minimum Gasteiger partial charge on any atom is -0.456 e. The fourth-order valence-corrected chi connectivity index (χ4v) is 17.6. The van der Waals surface area contributed by atoms with E-state index in [0.717, 1.165) is 0 Å². The zero-order valence-electron chi connectivity index (χ0n) is 21.3. The average molecular weight is 511 g/mol. The van der Waals surface area contributed by atoms with Gasteiger partial charge >= 0.3 is 14.8 Å². The van der Waals surface area contributed by atoms with Crippen molar-refractivity contribution in [2.24, 2.45) is 0 Å². The largest absolute Gasteiger partial charge is 0.469 e. The topological polar surface area (TPSA) is 94.5 Å². The predicted octanol–water partition coefficient (Wildman–Crippen LogP) is 4.49. The molecule has 2 N–H and O–H groups in total. The van der Waals surface area contributed by atoms with Crippen molar-refractivity contribution >= 4 is 39.7 Å². The summed E-state index contributed by atoms with van der Waals surface area (Å²) in [5.74, 6) is -0.543. The van der Waals surface area contributed by atoms with Crippen LogP contribution in [0.5, 0.6) is 0 Å². The minimum absolute atomic E-state index is 0.338. The molecule has 0 bridgehead atoms. The normalized spacial score (nSPS) is 15.5. The number of hydrogen-bond acceptors (Lipinski definition) is 7. The Morgan fingerprint density at radius 2 is 1.32 bits per heavy atom. The Morgan fingerprint density at radius 3 is 1.65 bits per heavy atom. The number of hydrogen-bond donors (Lipinski definition) is 2. The Labute approximate surface area is 193 Å². The van der Waals surface area contributed by atoms with Crippen molar-refractivity contribution in [2.45, 2.75) is 103 Å². The summed E-state index contributed by atoms with van der Waals surface area (Å²) in [6.07, 6.45) is -0.552. The molecule has 0 aliphatic carbocycles. The molecule has 0 aliphatic heterocycles. The maximum absolute atomic E-state index is 12.2. The molecule has 0 heterocycles. The molecule has 0 aliphatic rings. The van der Waals surface area contributed by atoms with Gasteiger partial charge < -0.3 is 27.3 Å². The molecule has 0 fully saturated rings. The Hall–Kier alpha value is -0.122. The highest BCUT2D eigenvalue weighted by molar-refractivity contribution is 6.90. The molecule has 0 aromatic heterocycles. The zero-order valence-corrected chi connectivity index (χ0v) is 25.3. The van der Waals surface area contributed by atoms with E-state index >= 15 is 0 Å². The van der Waals surface area contributed by atoms with Crippen LogP contribution >= 0.6 is 0 Å². The molecule has 2 unspecified atom stereocenters. The first-order chi connectivity index (χ1) is 13.8. The quantitative estimate of drug-likeness (QED) is 0.190. The van der Waals surface area contributed by atoms with E-state index in [1.54, 1.807) is 0 Å². The summed E-state index contributed by atoms with van der Waals surface area (Å²) in [4.78, 5) is 12.2. The predicted molar refractivity (Wildman–Crippen MR) is 135 cm³/mol. The summed E-state index contributed by atoms with van der Waals surface area (Å²) < 4.78 is 25.4. The van der Waals surface area contributed by atoms with Gasteiger partial charge in [-0.2, -0.15) is 0 Å². The van der Waals surface area contributed by atoms with Crippen LogP contribution in [0.3, 0.4) is 0 Å². The minimum atomic E-state index is -3.00. The van der Waals surface area contributed by atoms with Crippen molar-refractivity contribution in [3.63, 3.8) is 0 Å². The molecule has 31 heavy (non-hydrogen) atoms. The molecule has 7 nitrogen and oxygen atoms in total. The molecule has 0 saturated heterocycles. The van der Waals surface area contributed by atoms with Crippen molar-refractivity contribution in [1.82, 2.24) is 0 Å². The first-order valence-electron chi connectivity index (χ1n) is 11.1. The number of rotatable bonds is 15. The summed E-state index contributed by atoms with van der Waals surface area (Å²) in [7, 11) is -8.92. The van der Waals surface area contributed by atoms with E-state index in [4.69, 9.17) is 17.1 Å². The SMILES string of the molecule is C=C(CC)C(=O)OC(CCC[Si](O[Si](C)(C)C)(O[Si](C)(C)C)O[Si](C)(C)C)C(O)CO. The van der Waals surface area contributed by atoms with Crippen LogP contribution < -0.4 is 0 Å². The van der Waals surface area contributed by atoms with Gasteiger partial charge in [-0.15, -0.1) is 0 Å². The molecule has 0 aromatic rings. The number of carbonyl (C=O) groups is 1. The van der Waals surface area contributed by atoms with E-state index < -0.39 is 58.5 Å². The van der Waals surface area contributed by atoms with Crippen LogP contribution in [0.15, 0.2) is 12.2 Å². The number of esters is 1. The fraction of sp³-hybridized carbons (Fsp3) is 0.850. The van der Waals surface area contributed by atoms with Gasteiger partial charge in [0, 0.05) is 11.6 Å². The van der Waals surface area contributed by atoms with Crippen LogP contribution in [0.1, 0.15) is 26.2 Å². The third kappa shape index (κ3) is 13.9. The second kappa shape index (κ2) is 12.4. The Balaban J connectivity index is 5.64. The van der Waals surface area contributed by atoms with E-state index in [1.807, 2.05) is 6.92 Å². The zero-order chi connectivity index (χ0) is 24.7. The highest BCUT2D eigenvalue weighted by Crippen LogP contribution is 2.31. The second-order valence-electron chi connectivity index (χ2n) is 10.9. The van der Waals surface area contributed by atoms with Crippen LogP contribution in [0.25, 0.3) is 0 Å². The lowest BCUT2D eigenvalue weighted by Crippen LogP contribution is -2.60. The molecular weight excluding hydrogens is 465 g/mol. The Morgan fingerprint density at radius 1 is 0.903 bits per heavy atom. The van der Waals surface area contributed by atoms with Gasteiger partial charge in [0.25, 0.3) is 0 Å². The van der Waals surface area contributed by atoms with Crippen molar-refractivity contribution in [2.75, 3.05) is 6.61 Å². The van der Waals surface area contributed by atoms with E-state index in [-0.39, 0.29) is 0 Å². The van der Waals surface area contributed by atoms with Crippen LogP contribution in [-0.4, -0.2) is 68.8 Å². The van der Waals surface area contributed by atoms with Gasteiger partial charge in [-0.05, 0) is 78.2 Å². The number of ether oxygens (including phenoxy) is 1. The second-order valence-corrected chi connectivity index (χ2v) is 27.9. The highest BCUT2D eigenvalue weighted by atomic mass is 28.5. The standard InChI is InChI=1S/C20H46O7Si4/c1-12-17(2)20(23)24-19(18(22)16-21)14-13-15-31(25-28(3,4)5,26-29(6,7)8)27-30(9,10)11/h18-19,21-22H,2,12-16H2,1,3-11H3. The molecular formula is C20H46O7Si4. The molecule has 184 valence electrons. The molecule has 0 aromatic carbocycles. The summed E-state index contributed by atoms with van der Waals surface area (Å²) in [6, 6.07) is 0.576. The molecule has 0 saturated carbocycles. The van der Waals surface area contributed by atoms with Gasteiger partial charge in [-0.1, -0.05) is 13.5 Å². The Bertz CT molecular complexity index is 539. The van der Waals surface area contributed by atoms with Gasteiger partial charge in [0.2, 0.25) is 0 Å². The van der Waals surface area contributed by atoms with Crippen molar-refractivity contribution < 1.29 is 32.1 Å². The third-order valence-corrected chi connectivity index (χ3v) is 16.0. The lowest BCUT2D eigenvalue weighted by atomic mass is 10.1. The summed E-state index contributed by atoms with van der Waals surface area (Å²) in [5.41, 5.74) is 0.338. The molecule has 0 rings (SSSR count). The molecule has 0 radical (unpaired) electrons. The van der Waals surface area contributed by atoms with Crippen LogP contribution in [0.2, 0.25) is 65.0 Å². The maximum atomic E-state index is 12.2. The van der Waals surface area contributed by atoms with Gasteiger partial charge in [0.1, 0.15) is 12.2 Å². The van der Waals surface area contributed by atoms with Gasteiger partial charge in [0.05, 0.1) is 6.61 Å². The smallest absolute Gasteiger partial charge is 0.456 e. The number of aliphatic hydroxyl groups excluding tert-OH is 2. The summed E-state index contributed by atoms with van der Waals surface area (Å²) in [5, 5.41) is 19.6. The van der Waals surface area contributed by atoms with Gasteiger partial charge in [0.15, 0.2) is 25.0 Å². The van der Waals surface area contributed by atoms with Crippen molar-refractivity contribution in [1.29, 1.82) is 0 Å². The third-order valence-electron chi connectivity index (χ3n) is 3.95. The van der Waals surface area contributed by atoms with E-state index in [2.05, 4.69) is 65.5 Å². The number of aliphatic hydroxyl groups is 2. The van der Waals surface area contributed by atoms with Crippen molar-refractivity contribution in [3.05, 3.63) is 12.2 Å². The van der Waals surface area contributed by atoms with E-state index in [1.165, 1.54) is 0 Å². The highest BCUT2D eigenvalue weighted by Gasteiger charge is 2.49.